The molecule has 0 aliphatic carbocycles. The fraction of sp³-hybridized carbons (Fsp3) is 1.00. The van der Waals surface area contributed by atoms with Crippen molar-refractivity contribution in [3.63, 3.8) is 0 Å². The predicted octanol–water partition coefficient (Wildman–Crippen LogP) is 5.10. The molecular weight excluding hydrogens is 312 g/mol. The first-order valence-electron chi connectivity index (χ1n) is 9.52. The smallest absolute Gasteiger partial charge is 0.267 e. The van der Waals surface area contributed by atoms with E-state index >= 15 is 0 Å². The maximum absolute atomic E-state index is 10.9. The summed E-state index contributed by atoms with van der Waals surface area (Å²) in [6.45, 7) is 3.77. The second-order valence-corrected chi connectivity index (χ2v) is 8.72. The van der Waals surface area contributed by atoms with Crippen molar-refractivity contribution in [2.45, 2.75) is 115 Å². The van der Waals surface area contributed by atoms with E-state index < -0.39 is 15.4 Å². The van der Waals surface area contributed by atoms with Crippen molar-refractivity contribution in [3.8, 4) is 0 Å². The minimum atomic E-state index is -3.85. The van der Waals surface area contributed by atoms with Gasteiger partial charge in [0, 0.05) is 0 Å². The molecule has 2 N–H and O–H groups in total. The van der Waals surface area contributed by atoms with Crippen molar-refractivity contribution >= 4 is 10.1 Å². The van der Waals surface area contributed by atoms with Gasteiger partial charge in [-0.3, -0.25) is 4.55 Å². The lowest BCUT2D eigenvalue weighted by molar-refractivity contribution is 0.147. The van der Waals surface area contributed by atoms with E-state index in [0.29, 0.717) is 6.42 Å². The Bertz CT molecular complexity index is 354. The summed E-state index contributed by atoms with van der Waals surface area (Å²) in [7, 11) is -3.85. The normalized spacial score (nSPS) is 14.8. The van der Waals surface area contributed by atoms with Gasteiger partial charge in [-0.2, -0.15) is 8.42 Å². The van der Waals surface area contributed by atoms with E-state index in [2.05, 4.69) is 6.92 Å². The second kappa shape index (κ2) is 14.2. The van der Waals surface area contributed by atoms with Gasteiger partial charge in [0.1, 0.15) is 0 Å². The highest BCUT2D eigenvalue weighted by Gasteiger charge is 2.15. The minimum absolute atomic E-state index is 0.132. The van der Waals surface area contributed by atoms with E-state index in [1.807, 2.05) is 0 Å². The molecule has 4 nitrogen and oxygen atoms in total. The van der Waals surface area contributed by atoms with Crippen LogP contribution in [0.4, 0.5) is 0 Å². The molecule has 2 atom stereocenters. The average molecular weight is 351 g/mol. The first-order valence-corrected chi connectivity index (χ1v) is 11.0. The van der Waals surface area contributed by atoms with E-state index in [1.165, 1.54) is 25.7 Å². The molecule has 0 saturated heterocycles. The zero-order valence-corrected chi connectivity index (χ0v) is 16.0. The van der Waals surface area contributed by atoms with Crippen molar-refractivity contribution in [3.05, 3.63) is 0 Å². The quantitative estimate of drug-likeness (QED) is 0.300. The van der Waals surface area contributed by atoms with Crippen LogP contribution >= 0.6 is 0 Å². The molecule has 0 bridgehead atoms. The van der Waals surface area contributed by atoms with E-state index in [4.69, 9.17) is 4.55 Å². The highest BCUT2D eigenvalue weighted by atomic mass is 32.2. The molecular formula is C18H38O4S. The summed E-state index contributed by atoms with van der Waals surface area (Å²) in [6, 6.07) is 0. The van der Waals surface area contributed by atoms with Gasteiger partial charge < -0.3 is 5.11 Å². The van der Waals surface area contributed by atoms with E-state index in [0.717, 1.165) is 57.8 Å². The summed E-state index contributed by atoms with van der Waals surface area (Å²) < 4.78 is 30.6. The molecule has 0 aliphatic rings. The molecule has 0 amide bonds. The Morgan fingerprint density at radius 2 is 1.13 bits per heavy atom. The summed E-state index contributed by atoms with van der Waals surface area (Å²) >= 11 is 0. The summed E-state index contributed by atoms with van der Waals surface area (Å²) in [6.07, 6.45) is 14.8. The van der Waals surface area contributed by atoms with Gasteiger partial charge in [0.15, 0.2) is 0 Å². The third-order valence-corrected chi connectivity index (χ3v) is 5.80. The maximum atomic E-state index is 10.9. The van der Waals surface area contributed by atoms with Crippen LogP contribution in [0.3, 0.4) is 0 Å². The number of aliphatic hydroxyl groups is 1. The Kier molecular flexibility index (Phi) is 14.2. The van der Waals surface area contributed by atoms with Crippen LogP contribution in [-0.2, 0) is 10.1 Å². The fourth-order valence-corrected chi connectivity index (χ4v) is 3.26. The number of hydrogen-bond acceptors (Lipinski definition) is 3. The monoisotopic (exact) mass is 350 g/mol. The van der Waals surface area contributed by atoms with E-state index in [9.17, 15) is 13.5 Å². The Labute approximate surface area is 143 Å². The maximum Gasteiger partial charge on any atom is 0.267 e. The Balaban J connectivity index is 3.32. The lowest BCUT2D eigenvalue weighted by Gasteiger charge is -2.10. The van der Waals surface area contributed by atoms with Crippen LogP contribution < -0.4 is 0 Å². The van der Waals surface area contributed by atoms with Gasteiger partial charge in [0.2, 0.25) is 0 Å². The van der Waals surface area contributed by atoms with Gasteiger partial charge in [0.25, 0.3) is 10.1 Å². The predicted molar refractivity (Wildman–Crippen MR) is 97.3 cm³/mol. The van der Waals surface area contributed by atoms with Gasteiger partial charge in [-0.25, -0.2) is 0 Å². The largest absolute Gasteiger partial charge is 0.393 e. The third-order valence-electron chi connectivity index (χ3n) is 4.55. The highest BCUT2D eigenvalue weighted by molar-refractivity contribution is 7.86. The van der Waals surface area contributed by atoms with Gasteiger partial charge in [-0.15, -0.1) is 0 Å². The van der Waals surface area contributed by atoms with Crippen LogP contribution in [0.25, 0.3) is 0 Å². The second-order valence-electron chi connectivity index (χ2n) is 6.88. The van der Waals surface area contributed by atoms with Crippen molar-refractivity contribution in [2.24, 2.45) is 0 Å². The van der Waals surface area contributed by atoms with Gasteiger partial charge in [-0.1, -0.05) is 77.6 Å². The summed E-state index contributed by atoms with van der Waals surface area (Å²) in [5.74, 6) is 0. The fourth-order valence-electron chi connectivity index (χ4n) is 2.80. The zero-order chi connectivity index (χ0) is 17.6. The van der Waals surface area contributed by atoms with Gasteiger partial charge in [-0.05, 0) is 26.2 Å². The summed E-state index contributed by atoms with van der Waals surface area (Å²) in [5, 5.41) is 9.26. The van der Waals surface area contributed by atoms with E-state index in [-0.39, 0.29) is 6.10 Å². The molecule has 5 heteroatoms. The van der Waals surface area contributed by atoms with Gasteiger partial charge >= 0.3 is 0 Å². The highest BCUT2D eigenvalue weighted by Crippen LogP contribution is 2.15. The molecule has 0 aromatic carbocycles. The molecule has 140 valence electrons. The van der Waals surface area contributed by atoms with Crippen LogP contribution in [0, 0.1) is 0 Å². The van der Waals surface area contributed by atoms with Crippen molar-refractivity contribution in [1.82, 2.24) is 0 Å². The lowest BCUT2D eigenvalue weighted by Crippen LogP contribution is -2.16. The summed E-state index contributed by atoms with van der Waals surface area (Å²) in [4.78, 5) is 0. The molecule has 2 unspecified atom stereocenters. The number of unbranched alkanes of at least 4 members (excludes halogenated alkanes) is 9. The SMILES string of the molecule is CCCCCCCC(O)CCCCCCCCC(C)S(=O)(=O)O. The molecule has 0 aromatic rings. The molecule has 0 heterocycles. The lowest BCUT2D eigenvalue weighted by atomic mass is 10.0. The Morgan fingerprint density at radius 3 is 1.57 bits per heavy atom. The van der Waals surface area contributed by atoms with Gasteiger partial charge in [0.05, 0.1) is 11.4 Å². The van der Waals surface area contributed by atoms with Crippen molar-refractivity contribution in [1.29, 1.82) is 0 Å². The molecule has 23 heavy (non-hydrogen) atoms. The molecule has 0 aliphatic heterocycles. The number of hydrogen-bond donors (Lipinski definition) is 2. The van der Waals surface area contributed by atoms with Crippen LogP contribution in [-0.4, -0.2) is 29.4 Å². The number of aliphatic hydroxyl groups excluding tert-OH is 1. The number of rotatable bonds is 16. The topological polar surface area (TPSA) is 74.6 Å². The first kappa shape index (κ1) is 22.9. The molecule has 0 saturated carbocycles. The third kappa shape index (κ3) is 15.2. The summed E-state index contributed by atoms with van der Waals surface area (Å²) in [5.41, 5.74) is 0. The standard InChI is InChI=1S/C18H38O4S/c1-3-4-5-8-12-15-18(19)16-13-10-7-6-9-11-14-17(2)23(20,21)22/h17-19H,3-16H2,1-2H3,(H,20,21,22). The first-order chi connectivity index (χ1) is 10.9. The van der Waals surface area contributed by atoms with Crippen LogP contribution in [0.2, 0.25) is 0 Å². The average Bonchev–Trinajstić information content (AvgIpc) is 2.48. The van der Waals surface area contributed by atoms with Crippen molar-refractivity contribution in [2.75, 3.05) is 0 Å². The van der Waals surface area contributed by atoms with Crippen molar-refractivity contribution < 1.29 is 18.1 Å². The molecule has 0 radical (unpaired) electrons. The molecule has 0 spiro atoms. The van der Waals surface area contributed by atoms with Crippen LogP contribution in [0.5, 0.6) is 0 Å². The molecule has 0 aromatic heterocycles. The van der Waals surface area contributed by atoms with Crippen LogP contribution in [0.1, 0.15) is 104 Å². The minimum Gasteiger partial charge on any atom is -0.393 e. The Morgan fingerprint density at radius 1 is 0.739 bits per heavy atom. The van der Waals surface area contributed by atoms with Crippen LogP contribution in [0.15, 0.2) is 0 Å². The Hall–Kier alpha value is -0.130. The molecule has 0 rings (SSSR count). The van der Waals surface area contributed by atoms with E-state index in [1.54, 1.807) is 6.92 Å². The molecule has 0 fully saturated rings. The zero-order valence-electron chi connectivity index (χ0n) is 15.2.